The molecule has 3 N–H and O–H groups in total. The van der Waals surface area contributed by atoms with Crippen LogP contribution in [0.25, 0.3) is 0 Å². The molecule has 0 bridgehead atoms. The third-order valence-corrected chi connectivity index (χ3v) is 2.33. The maximum atomic E-state index is 12.5. The van der Waals surface area contributed by atoms with Gasteiger partial charge in [0.15, 0.2) is 0 Å². The van der Waals surface area contributed by atoms with Gasteiger partial charge in [0.2, 0.25) is 0 Å². The topological polar surface area (TPSA) is 78.4 Å². The number of alkyl halides is 3. The highest BCUT2D eigenvalue weighted by Crippen LogP contribution is 2.29. The van der Waals surface area contributed by atoms with E-state index in [4.69, 9.17) is 5.11 Å². The fraction of sp³-hybridized carbons (Fsp3) is 0.333. The van der Waals surface area contributed by atoms with Crippen molar-refractivity contribution in [3.8, 4) is 0 Å². The first-order valence-corrected chi connectivity index (χ1v) is 5.68. The first-order valence-electron chi connectivity index (χ1n) is 5.68. The standard InChI is InChI=1S/C12H13F3N2O3/c13-12(14,15)9-3-1-2-8(6-9)7-17-11(20)16-5-4-10(18)19/h1-3,6H,4-5,7H2,(H,18,19)(H2,16,17,20). The molecule has 0 heterocycles. The Morgan fingerprint density at radius 3 is 2.50 bits per heavy atom. The van der Waals surface area contributed by atoms with Crippen LogP contribution >= 0.6 is 0 Å². The molecule has 0 aromatic heterocycles. The summed E-state index contributed by atoms with van der Waals surface area (Å²) in [6, 6.07) is 3.95. The summed E-state index contributed by atoms with van der Waals surface area (Å²) in [6.07, 6.45) is -4.66. The molecule has 0 aliphatic heterocycles. The molecule has 0 saturated carbocycles. The van der Waals surface area contributed by atoms with Gasteiger partial charge in [-0.15, -0.1) is 0 Å². The second-order valence-corrected chi connectivity index (χ2v) is 3.95. The number of halogens is 3. The molecule has 2 amide bonds. The predicted octanol–water partition coefficient (Wildman–Crippen LogP) is 1.98. The highest BCUT2D eigenvalue weighted by molar-refractivity contribution is 5.74. The van der Waals surface area contributed by atoms with E-state index in [1.165, 1.54) is 12.1 Å². The number of amides is 2. The molecule has 0 spiro atoms. The van der Waals surface area contributed by atoms with Gasteiger partial charge >= 0.3 is 18.2 Å². The lowest BCUT2D eigenvalue weighted by atomic mass is 10.1. The Morgan fingerprint density at radius 1 is 1.20 bits per heavy atom. The fourth-order valence-corrected chi connectivity index (χ4v) is 1.39. The molecule has 0 aliphatic rings. The van der Waals surface area contributed by atoms with E-state index in [1.807, 2.05) is 0 Å². The van der Waals surface area contributed by atoms with E-state index in [0.717, 1.165) is 12.1 Å². The number of carboxylic acid groups (broad SMARTS) is 1. The van der Waals surface area contributed by atoms with Crippen LogP contribution in [0.1, 0.15) is 17.5 Å². The van der Waals surface area contributed by atoms with Crippen LogP contribution in [0, 0.1) is 0 Å². The van der Waals surface area contributed by atoms with Gasteiger partial charge in [-0.2, -0.15) is 13.2 Å². The maximum Gasteiger partial charge on any atom is 0.416 e. The first-order chi connectivity index (χ1) is 9.29. The third kappa shape index (κ3) is 5.59. The smallest absolute Gasteiger partial charge is 0.416 e. The second-order valence-electron chi connectivity index (χ2n) is 3.95. The summed E-state index contributed by atoms with van der Waals surface area (Å²) in [5.41, 5.74) is -0.490. The molecule has 1 aromatic rings. The van der Waals surface area contributed by atoms with E-state index in [0.29, 0.717) is 5.56 Å². The second kappa shape index (κ2) is 6.78. The molecule has 0 atom stereocenters. The largest absolute Gasteiger partial charge is 0.481 e. The van der Waals surface area contributed by atoms with Crippen molar-refractivity contribution in [1.29, 1.82) is 0 Å². The first kappa shape index (κ1) is 15.8. The highest BCUT2D eigenvalue weighted by Gasteiger charge is 2.30. The Morgan fingerprint density at radius 2 is 1.90 bits per heavy atom. The van der Waals surface area contributed by atoms with E-state index in [-0.39, 0.29) is 19.5 Å². The molecule has 20 heavy (non-hydrogen) atoms. The van der Waals surface area contributed by atoms with Gasteiger partial charge in [0.1, 0.15) is 0 Å². The van der Waals surface area contributed by atoms with Gasteiger partial charge in [0.25, 0.3) is 0 Å². The van der Waals surface area contributed by atoms with Gasteiger partial charge in [-0.1, -0.05) is 12.1 Å². The van der Waals surface area contributed by atoms with Gasteiger partial charge in [0, 0.05) is 13.1 Å². The van der Waals surface area contributed by atoms with Gasteiger partial charge in [-0.25, -0.2) is 4.79 Å². The Kier molecular flexibility index (Phi) is 5.36. The summed E-state index contributed by atoms with van der Waals surface area (Å²) in [4.78, 5) is 21.5. The van der Waals surface area contributed by atoms with Gasteiger partial charge in [0.05, 0.1) is 12.0 Å². The van der Waals surface area contributed by atoms with Crippen molar-refractivity contribution in [1.82, 2.24) is 10.6 Å². The van der Waals surface area contributed by atoms with Crippen LogP contribution in [-0.2, 0) is 17.5 Å². The van der Waals surface area contributed by atoms with E-state index < -0.39 is 23.7 Å². The summed E-state index contributed by atoms with van der Waals surface area (Å²) in [5, 5.41) is 13.0. The van der Waals surface area contributed by atoms with Crippen LogP contribution in [0.3, 0.4) is 0 Å². The average Bonchev–Trinajstić information content (AvgIpc) is 2.35. The number of carbonyl (C=O) groups excluding carboxylic acids is 1. The summed E-state index contributed by atoms with van der Waals surface area (Å²) in [5.74, 6) is -1.05. The Hall–Kier alpha value is -2.25. The predicted molar refractivity (Wildman–Crippen MR) is 63.9 cm³/mol. The van der Waals surface area contributed by atoms with E-state index in [2.05, 4.69) is 10.6 Å². The normalized spacial score (nSPS) is 10.9. The number of carbonyl (C=O) groups is 2. The molecule has 0 unspecified atom stereocenters. The number of urea groups is 1. The van der Waals surface area contributed by atoms with Gasteiger partial charge < -0.3 is 15.7 Å². The van der Waals surface area contributed by atoms with Crippen LogP contribution < -0.4 is 10.6 Å². The molecule has 1 aromatic carbocycles. The van der Waals surface area contributed by atoms with E-state index in [9.17, 15) is 22.8 Å². The summed E-state index contributed by atoms with van der Waals surface area (Å²) >= 11 is 0. The molecule has 5 nitrogen and oxygen atoms in total. The minimum absolute atomic E-state index is 0.0518. The van der Waals surface area contributed by atoms with Crippen molar-refractivity contribution in [2.75, 3.05) is 6.54 Å². The van der Waals surface area contributed by atoms with Crippen LogP contribution in [0.4, 0.5) is 18.0 Å². The fourth-order valence-electron chi connectivity index (χ4n) is 1.39. The SMILES string of the molecule is O=C(O)CCNC(=O)NCc1cccc(C(F)(F)F)c1. The van der Waals surface area contributed by atoms with Crippen molar-refractivity contribution in [3.63, 3.8) is 0 Å². The molecule has 0 saturated heterocycles. The lowest BCUT2D eigenvalue weighted by Gasteiger charge is -2.10. The quantitative estimate of drug-likeness (QED) is 0.776. The Bertz CT molecular complexity index is 489. The number of aliphatic carboxylic acids is 1. The number of hydrogen-bond donors (Lipinski definition) is 3. The van der Waals surface area contributed by atoms with Gasteiger partial charge in [-0.05, 0) is 17.7 Å². The molecule has 0 aliphatic carbocycles. The molecule has 0 fully saturated rings. The van der Waals surface area contributed by atoms with Crippen molar-refractivity contribution < 1.29 is 27.9 Å². The zero-order valence-electron chi connectivity index (χ0n) is 10.3. The average molecular weight is 290 g/mol. The number of hydrogen-bond acceptors (Lipinski definition) is 2. The molecular formula is C12H13F3N2O3. The van der Waals surface area contributed by atoms with Crippen molar-refractivity contribution in [3.05, 3.63) is 35.4 Å². The maximum absolute atomic E-state index is 12.5. The minimum Gasteiger partial charge on any atom is -0.481 e. The van der Waals surface area contributed by atoms with Crippen LogP contribution in [0.5, 0.6) is 0 Å². The van der Waals surface area contributed by atoms with Crippen LogP contribution in [0.2, 0.25) is 0 Å². The van der Waals surface area contributed by atoms with Crippen LogP contribution in [0.15, 0.2) is 24.3 Å². The molecule has 0 radical (unpaired) electrons. The van der Waals surface area contributed by atoms with Crippen molar-refractivity contribution in [2.24, 2.45) is 0 Å². The number of carboxylic acids is 1. The summed E-state index contributed by atoms with van der Waals surface area (Å²) in [6.45, 7) is -0.132. The highest BCUT2D eigenvalue weighted by atomic mass is 19.4. The third-order valence-electron chi connectivity index (χ3n) is 2.33. The minimum atomic E-state index is -4.43. The molecular weight excluding hydrogens is 277 g/mol. The molecule has 1 rings (SSSR count). The lowest BCUT2D eigenvalue weighted by Crippen LogP contribution is -2.36. The number of benzene rings is 1. The van der Waals surface area contributed by atoms with Gasteiger partial charge in [-0.3, -0.25) is 4.79 Å². The summed E-state index contributed by atoms with van der Waals surface area (Å²) < 4.78 is 37.4. The lowest BCUT2D eigenvalue weighted by molar-refractivity contribution is -0.138. The number of rotatable bonds is 5. The monoisotopic (exact) mass is 290 g/mol. The summed E-state index contributed by atoms with van der Waals surface area (Å²) in [7, 11) is 0. The zero-order valence-corrected chi connectivity index (χ0v) is 10.3. The Labute approximate surface area is 112 Å². The Balaban J connectivity index is 2.45. The number of nitrogens with one attached hydrogen (secondary N) is 2. The van der Waals surface area contributed by atoms with E-state index >= 15 is 0 Å². The van der Waals surface area contributed by atoms with Crippen molar-refractivity contribution in [2.45, 2.75) is 19.1 Å². The molecule has 8 heteroatoms. The molecule has 110 valence electrons. The van der Waals surface area contributed by atoms with Crippen LogP contribution in [-0.4, -0.2) is 23.7 Å². The zero-order chi connectivity index (χ0) is 15.2. The van der Waals surface area contributed by atoms with Crippen molar-refractivity contribution >= 4 is 12.0 Å². The van der Waals surface area contributed by atoms with E-state index in [1.54, 1.807) is 0 Å².